The van der Waals surface area contributed by atoms with E-state index < -0.39 is 5.60 Å². The van der Waals surface area contributed by atoms with Gasteiger partial charge in [0, 0.05) is 6.61 Å². The Morgan fingerprint density at radius 2 is 2.39 bits per heavy atom. The van der Waals surface area contributed by atoms with Gasteiger partial charge in [-0.15, -0.1) is 0 Å². The Hall–Kier alpha value is -2.13. The fraction of sp³-hybridized carbons (Fsp3) is 0.417. The van der Waals surface area contributed by atoms with Crippen LogP contribution < -0.4 is 0 Å². The highest BCUT2D eigenvalue weighted by molar-refractivity contribution is 5.49. The summed E-state index contributed by atoms with van der Waals surface area (Å²) in [5.74, 6) is 0.936. The number of nitriles is 1. The first-order valence-electron chi connectivity index (χ1n) is 5.79. The number of H-pyrrole nitrogens is 1. The first-order valence-corrected chi connectivity index (χ1v) is 5.79. The van der Waals surface area contributed by atoms with Gasteiger partial charge in [-0.2, -0.15) is 10.2 Å². The monoisotopic (exact) mass is 244 g/mol. The molecule has 1 unspecified atom stereocenters. The molecule has 92 valence electrons. The molecule has 1 fully saturated rings. The summed E-state index contributed by atoms with van der Waals surface area (Å²) in [6, 6.07) is 5.43. The highest BCUT2D eigenvalue weighted by Gasteiger charge is 2.36. The fourth-order valence-corrected chi connectivity index (χ4v) is 2.09. The molecular weight excluding hydrogens is 232 g/mol. The zero-order chi connectivity index (χ0) is 12.6. The Morgan fingerprint density at radius 3 is 3.06 bits per heavy atom. The van der Waals surface area contributed by atoms with Crippen molar-refractivity contribution in [3.05, 3.63) is 23.7 Å². The first kappa shape index (κ1) is 11.0. The molecule has 1 N–H and O–H groups in total. The van der Waals surface area contributed by atoms with E-state index in [9.17, 15) is 0 Å². The summed E-state index contributed by atoms with van der Waals surface area (Å²) in [6.07, 6.45) is 1.89. The van der Waals surface area contributed by atoms with Crippen LogP contribution in [-0.2, 0) is 10.3 Å². The zero-order valence-electron chi connectivity index (χ0n) is 9.93. The van der Waals surface area contributed by atoms with Crippen molar-refractivity contribution in [3.8, 4) is 17.7 Å². The molecule has 0 spiro atoms. The number of hydrogen-bond acceptors (Lipinski definition) is 5. The van der Waals surface area contributed by atoms with E-state index >= 15 is 0 Å². The number of aromatic nitrogens is 3. The zero-order valence-corrected chi connectivity index (χ0v) is 9.93. The van der Waals surface area contributed by atoms with E-state index in [1.807, 2.05) is 13.0 Å². The number of nitrogens with zero attached hydrogens (tertiary/aromatic N) is 3. The second-order valence-corrected chi connectivity index (χ2v) is 4.50. The number of ether oxygens (including phenoxy) is 1. The highest BCUT2D eigenvalue weighted by Crippen LogP contribution is 2.34. The van der Waals surface area contributed by atoms with Crippen LogP contribution in [0.3, 0.4) is 0 Å². The van der Waals surface area contributed by atoms with Crippen molar-refractivity contribution in [2.75, 3.05) is 6.61 Å². The third kappa shape index (κ3) is 1.69. The average molecular weight is 244 g/mol. The highest BCUT2D eigenvalue weighted by atomic mass is 16.5. The van der Waals surface area contributed by atoms with Crippen LogP contribution in [0.25, 0.3) is 11.6 Å². The molecule has 2 aromatic heterocycles. The molecule has 1 aliphatic rings. The van der Waals surface area contributed by atoms with Crippen molar-refractivity contribution in [1.82, 2.24) is 15.1 Å². The minimum atomic E-state index is -0.452. The number of aromatic amines is 1. The molecule has 3 heterocycles. The maximum Gasteiger partial charge on any atom is 0.274 e. The van der Waals surface area contributed by atoms with Crippen molar-refractivity contribution in [2.24, 2.45) is 0 Å². The molecule has 0 aliphatic carbocycles. The van der Waals surface area contributed by atoms with Gasteiger partial charge in [0.1, 0.15) is 23.1 Å². The minimum Gasteiger partial charge on any atom is -0.367 e. The van der Waals surface area contributed by atoms with Crippen molar-refractivity contribution < 1.29 is 9.26 Å². The van der Waals surface area contributed by atoms with Crippen LogP contribution in [0, 0.1) is 11.3 Å². The number of rotatable bonds is 2. The summed E-state index contributed by atoms with van der Waals surface area (Å²) in [6.45, 7) is 2.69. The molecule has 18 heavy (non-hydrogen) atoms. The number of nitrogens with one attached hydrogen (secondary N) is 1. The second kappa shape index (κ2) is 3.96. The molecule has 1 saturated heterocycles. The third-order valence-corrected chi connectivity index (χ3v) is 3.15. The largest absolute Gasteiger partial charge is 0.367 e. The average Bonchev–Trinajstić information content (AvgIpc) is 3.08. The van der Waals surface area contributed by atoms with Crippen LogP contribution in [0.5, 0.6) is 0 Å². The van der Waals surface area contributed by atoms with Gasteiger partial charge in [0.05, 0.1) is 0 Å². The van der Waals surface area contributed by atoms with E-state index in [1.54, 1.807) is 12.1 Å². The van der Waals surface area contributed by atoms with Crippen LogP contribution >= 0.6 is 0 Å². The summed E-state index contributed by atoms with van der Waals surface area (Å²) in [7, 11) is 0. The van der Waals surface area contributed by atoms with Gasteiger partial charge >= 0.3 is 0 Å². The summed E-state index contributed by atoms with van der Waals surface area (Å²) < 4.78 is 10.9. The molecule has 3 rings (SSSR count). The third-order valence-electron chi connectivity index (χ3n) is 3.15. The van der Waals surface area contributed by atoms with Crippen molar-refractivity contribution in [1.29, 1.82) is 5.26 Å². The van der Waals surface area contributed by atoms with Gasteiger partial charge < -0.3 is 14.2 Å². The SMILES string of the molecule is CC1(c2noc(-c3ccc(C#N)[nH]3)n2)CCCO1. The Labute approximate surface area is 104 Å². The Morgan fingerprint density at radius 1 is 1.50 bits per heavy atom. The summed E-state index contributed by atoms with van der Waals surface area (Å²) >= 11 is 0. The maximum absolute atomic E-state index is 8.75. The van der Waals surface area contributed by atoms with Gasteiger partial charge in [0.15, 0.2) is 0 Å². The van der Waals surface area contributed by atoms with Gasteiger partial charge in [-0.05, 0) is 31.9 Å². The molecule has 6 nitrogen and oxygen atoms in total. The lowest BCUT2D eigenvalue weighted by molar-refractivity contribution is 0.00768. The van der Waals surface area contributed by atoms with E-state index in [4.69, 9.17) is 14.5 Å². The molecular formula is C12H12N4O2. The van der Waals surface area contributed by atoms with Gasteiger partial charge in [-0.1, -0.05) is 5.16 Å². The van der Waals surface area contributed by atoms with Gasteiger partial charge in [-0.25, -0.2) is 0 Å². The van der Waals surface area contributed by atoms with E-state index in [1.165, 1.54) is 0 Å². The molecule has 0 aromatic carbocycles. The summed E-state index contributed by atoms with van der Waals surface area (Å²) in [5, 5.41) is 12.7. The van der Waals surface area contributed by atoms with Crippen LogP contribution in [-0.4, -0.2) is 21.7 Å². The van der Waals surface area contributed by atoms with E-state index in [0.717, 1.165) is 19.4 Å². The molecule has 1 atom stereocenters. The predicted octanol–water partition coefficient (Wildman–Crippen LogP) is 1.96. The summed E-state index contributed by atoms with van der Waals surface area (Å²) in [4.78, 5) is 7.24. The van der Waals surface area contributed by atoms with Crippen LogP contribution in [0.4, 0.5) is 0 Å². The quantitative estimate of drug-likeness (QED) is 0.872. The lowest BCUT2D eigenvalue weighted by Crippen LogP contribution is -2.21. The normalized spacial score (nSPS) is 23.1. The standard InChI is InChI=1S/C12H12N4O2/c1-12(5-2-6-17-12)11-15-10(18-16-11)9-4-3-8(7-13)14-9/h3-4,14H,2,5-6H2,1H3. The van der Waals surface area contributed by atoms with Crippen molar-refractivity contribution >= 4 is 0 Å². The van der Waals surface area contributed by atoms with E-state index in [-0.39, 0.29) is 0 Å². The first-order chi connectivity index (χ1) is 8.71. The molecule has 0 radical (unpaired) electrons. The molecule has 0 saturated carbocycles. The lowest BCUT2D eigenvalue weighted by atomic mass is 10.0. The van der Waals surface area contributed by atoms with Gasteiger partial charge in [0.25, 0.3) is 5.89 Å². The van der Waals surface area contributed by atoms with Crippen LogP contribution in [0.2, 0.25) is 0 Å². The lowest BCUT2D eigenvalue weighted by Gasteiger charge is -2.17. The smallest absolute Gasteiger partial charge is 0.274 e. The molecule has 2 aromatic rings. The summed E-state index contributed by atoms with van der Waals surface area (Å²) in [5.41, 5.74) is 0.659. The minimum absolute atomic E-state index is 0.378. The second-order valence-electron chi connectivity index (χ2n) is 4.50. The van der Waals surface area contributed by atoms with Gasteiger partial charge in [0.2, 0.25) is 5.82 Å². The van der Waals surface area contributed by atoms with Crippen molar-refractivity contribution in [3.63, 3.8) is 0 Å². The molecule has 0 amide bonds. The Bertz CT molecular complexity index is 602. The topological polar surface area (TPSA) is 87.7 Å². The molecule has 6 heteroatoms. The fourth-order valence-electron chi connectivity index (χ4n) is 2.09. The van der Waals surface area contributed by atoms with Crippen LogP contribution in [0.15, 0.2) is 16.7 Å². The number of hydrogen-bond donors (Lipinski definition) is 1. The maximum atomic E-state index is 8.75. The van der Waals surface area contributed by atoms with Gasteiger partial charge in [-0.3, -0.25) is 0 Å². The van der Waals surface area contributed by atoms with Crippen LogP contribution in [0.1, 0.15) is 31.3 Å². The van der Waals surface area contributed by atoms with Crippen molar-refractivity contribution in [2.45, 2.75) is 25.4 Å². The Kier molecular flexibility index (Phi) is 2.42. The van der Waals surface area contributed by atoms with E-state index in [0.29, 0.717) is 23.1 Å². The molecule has 1 aliphatic heterocycles. The molecule has 0 bridgehead atoms. The Balaban J connectivity index is 1.92. The predicted molar refractivity (Wildman–Crippen MR) is 61.3 cm³/mol. The van der Waals surface area contributed by atoms with E-state index in [2.05, 4.69) is 15.1 Å².